The van der Waals surface area contributed by atoms with Crippen molar-refractivity contribution >= 4 is 60.2 Å². The fraction of sp³-hybridized carbons (Fsp3) is 0.400. The monoisotopic (exact) mass is 490 g/mol. The topological polar surface area (TPSA) is 136 Å². The van der Waals surface area contributed by atoms with Gasteiger partial charge in [0.2, 0.25) is 0 Å². The van der Waals surface area contributed by atoms with Crippen molar-refractivity contribution in [1.29, 1.82) is 0 Å². The van der Waals surface area contributed by atoms with Crippen LogP contribution in [0.3, 0.4) is 0 Å². The molecule has 172 valence electrons. The number of carbonyl (C=O) groups is 2. The minimum absolute atomic E-state index is 0. The SMILES string of the molecule is Cl.Cl.Cl.NCCCCNc1ccc(NCCCCN)c2c1C(=O)c1cnncc1C2=O. The third-order valence-electron chi connectivity index (χ3n) is 4.77. The molecule has 0 unspecified atom stereocenters. The maximum absolute atomic E-state index is 13.2. The summed E-state index contributed by atoms with van der Waals surface area (Å²) in [7, 11) is 0. The molecule has 3 rings (SSSR count). The van der Waals surface area contributed by atoms with Gasteiger partial charge in [0.1, 0.15) is 0 Å². The van der Waals surface area contributed by atoms with E-state index in [1.165, 1.54) is 12.4 Å². The number of nitrogens with two attached hydrogens (primary N) is 2. The van der Waals surface area contributed by atoms with Gasteiger partial charge in [0.25, 0.3) is 0 Å². The molecule has 31 heavy (non-hydrogen) atoms. The van der Waals surface area contributed by atoms with Gasteiger partial charge in [-0.3, -0.25) is 9.59 Å². The average molecular weight is 492 g/mol. The highest BCUT2D eigenvalue weighted by Crippen LogP contribution is 2.36. The Morgan fingerprint density at radius 1 is 0.677 bits per heavy atom. The van der Waals surface area contributed by atoms with Crippen LogP contribution in [-0.2, 0) is 0 Å². The van der Waals surface area contributed by atoms with E-state index in [4.69, 9.17) is 11.5 Å². The molecule has 2 aromatic rings. The number of carbonyl (C=O) groups excluding carboxylic acids is 2. The lowest BCUT2D eigenvalue weighted by atomic mass is 9.83. The van der Waals surface area contributed by atoms with Crippen molar-refractivity contribution in [2.24, 2.45) is 11.5 Å². The van der Waals surface area contributed by atoms with Crippen LogP contribution >= 0.6 is 37.2 Å². The third-order valence-corrected chi connectivity index (χ3v) is 4.77. The molecule has 1 aromatic carbocycles. The van der Waals surface area contributed by atoms with Crippen molar-refractivity contribution in [3.8, 4) is 0 Å². The lowest BCUT2D eigenvalue weighted by Crippen LogP contribution is -2.25. The van der Waals surface area contributed by atoms with Crippen LogP contribution in [0.1, 0.15) is 57.5 Å². The summed E-state index contributed by atoms with van der Waals surface area (Å²) >= 11 is 0. The summed E-state index contributed by atoms with van der Waals surface area (Å²) in [5, 5.41) is 14.1. The Kier molecular flexibility index (Phi) is 13.3. The number of nitrogens with zero attached hydrogens (tertiary/aromatic N) is 2. The van der Waals surface area contributed by atoms with E-state index in [-0.39, 0.29) is 59.9 Å². The van der Waals surface area contributed by atoms with Gasteiger partial charge in [0.05, 0.1) is 34.6 Å². The zero-order valence-corrected chi connectivity index (χ0v) is 19.5. The van der Waals surface area contributed by atoms with Crippen LogP contribution < -0.4 is 22.1 Å². The summed E-state index contributed by atoms with van der Waals surface area (Å²) in [6.45, 7) is 2.59. The molecule has 0 saturated carbocycles. The number of nitrogens with one attached hydrogen (secondary N) is 2. The number of ketones is 2. The summed E-state index contributed by atoms with van der Waals surface area (Å²) < 4.78 is 0. The van der Waals surface area contributed by atoms with Crippen molar-refractivity contribution in [2.75, 3.05) is 36.8 Å². The molecule has 11 heteroatoms. The van der Waals surface area contributed by atoms with E-state index >= 15 is 0 Å². The zero-order chi connectivity index (χ0) is 19.9. The molecule has 1 aliphatic carbocycles. The normalized spacial score (nSPS) is 11.3. The van der Waals surface area contributed by atoms with E-state index in [2.05, 4.69) is 20.8 Å². The number of unbranched alkanes of at least 4 members (excludes halogenated alkanes) is 2. The van der Waals surface area contributed by atoms with E-state index in [0.717, 1.165) is 25.7 Å². The number of hydrogen-bond acceptors (Lipinski definition) is 8. The van der Waals surface area contributed by atoms with E-state index in [9.17, 15) is 9.59 Å². The minimum Gasteiger partial charge on any atom is -0.384 e. The molecule has 0 bridgehead atoms. The number of rotatable bonds is 10. The summed E-state index contributed by atoms with van der Waals surface area (Å²) in [4.78, 5) is 26.3. The highest BCUT2D eigenvalue weighted by molar-refractivity contribution is 6.31. The first-order valence-corrected chi connectivity index (χ1v) is 9.64. The quantitative estimate of drug-likeness (QED) is 0.318. The number of aromatic nitrogens is 2. The highest BCUT2D eigenvalue weighted by atomic mass is 35.5. The predicted molar refractivity (Wildman–Crippen MR) is 131 cm³/mol. The van der Waals surface area contributed by atoms with Gasteiger partial charge in [-0.25, -0.2) is 0 Å². The highest BCUT2D eigenvalue weighted by Gasteiger charge is 2.34. The number of benzene rings is 1. The van der Waals surface area contributed by atoms with Crippen molar-refractivity contribution in [1.82, 2.24) is 10.2 Å². The van der Waals surface area contributed by atoms with Gasteiger partial charge in [0, 0.05) is 24.5 Å². The molecule has 0 atom stereocenters. The second-order valence-electron chi connectivity index (χ2n) is 6.73. The molecule has 1 aliphatic rings. The standard InChI is InChI=1S/C20H26N6O2.3ClH/c21-7-1-3-9-23-15-5-6-16(24-10-4-2-8-22)18-17(15)19(27)13-11-25-26-12-14(13)20(18)28;;;/h5-6,11-12,23-24H,1-4,7-10,21-22H2;3*1H. The van der Waals surface area contributed by atoms with Crippen LogP contribution in [-0.4, -0.2) is 47.9 Å². The Labute approximate surface area is 200 Å². The molecule has 1 aromatic heterocycles. The lowest BCUT2D eigenvalue weighted by Gasteiger charge is -2.23. The zero-order valence-electron chi connectivity index (χ0n) is 17.1. The second kappa shape index (κ2) is 14.2. The van der Waals surface area contributed by atoms with Gasteiger partial charge >= 0.3 is 0 Å². The van der Waals surface area contributed by atoms with Crippen molar-refractivity contribution in [3.63, 3.8) is 0 Å². The van der Waals surface area contributed by atoms with Crippen molar-refractivity contribution in [3.05, 3.63) is 46.8 Å². The van der Waals surface area contributed by atoms with Crippen molar-refractivity contribution in [2.45, 2.75) is 25.7 Å². The van der Waals surface area contributed by atoms with Gasteiger partial charge in [-0.05, 0) is 50.9 Å². The number of fused-ring (bicyclic) bond motifs is 2. The number of hydrogen-bond donors (Lipinski definition) is 4. The Morgan fingerprint density at radius 2 is 1.06 bits per heavy atom. The van der Waals surface area contributed by atoms with E-state index in [1.54, 1.807) is 0 Å². The summed E-state index contributed by atoms with van der Waals surface area (Å²) in [5.41, 5.74) is 13.8. The molecule has 1 heterocycles. The average Bonchev–Trinajstić information content (AvgIpc) is 2.72. The van der Waals surface area contributed by atoms with E-state index in [1.807, 2.05) is 12.1 Å². The Balaban J connectivity index is 0.00000300. The second-order valence-corrected chi connectivity index (χ2v) is 6.73. The molecular weight excluding hydrogens is 463 g/mol. The first kappa shape index (κ1) is 29.0. The molecule has 6 N–H and O–H groups in total. The molecule has 0 spiro atoms. The first-order chi connectivity index (χ1) is 13.7. The maximum Gasteiger partial charge on any atom is 0.198 e. The summed E-state index contributed by atoms with van der Waals surface area (Å²) in [6, 6.07) is 3.69. The smallest absolute Gasteiger partial charge is 0.198 e. The fourth-order valence-electron chi connectivity index (χ4n) is 3.31. The molecule has 8 nitrogen and oxygen atoms in total. The predicted octanol–water partition coefficient (Wildman–Crippen LogP) is 2.82. The van der Waals surface area contributed by atoms with Gasteiger partial charge < -0.3 is 22.1 Å². The largest absolute Gasteiger partial charge is 0.384 e. The van der Waals surface area contributed by atoms with Crippen molar-refractivity contribution < 1.29 is 9.59 Å². The summed E-state index contributed by atoms with van der Waals surface area (Å²) in [6.07, 6.45) is 6.27. The Hall–Kier alpha value is -1.97. The van der Waals surface area contributed by atoms with Gasteiger partial charge in [-0.2, -0.15) is 10.2 Å². The van der Waals surface area contributed by atoms with Crippen LogP contribution in [0.2, 0.25) is 0 Å². The number of halogens is 3. The van der Waals surface area contributed by atoms with Gasteiger partial charge in [0.15, 0.2) is 11.6 Å². The fourth-order valence-corrected chi connectivity index (χ4v) is 3.31. The third kappa shape index (κ3) is 6.51. The van der Waals surface area contributed by atoms with Crippen LogP contribution in [0, 0.1) is 0 Å². The summed E-state index contributed by atoms with van der Waals surface area (Å²) in [5.74, 6) is -0.433. The molecule has 0 radical (unpaired) electrons. The lowest BCUT2D eigenvalue weighted by molar-refractivity contribution is 0.0979. The first-order valence-electron chi connectivity index (χ1n) is 9.64. The van der Waals surface area contributed by atoms with Crippen LogP contribution in [0.25, 0.3) is 0 Å². The molecule has 0 aliphatic heterocycles. The van der Waals surface area contributed by atoms with Gasteiger partial charge in [-0.15, -0.1) is 37.2 Å². The Bertz CT molecular complexity index is 812. The van der Waals surface area contributed by atoms with Crippen LogP contribution in [0.4, 0.5) is 11.4 Å². The molecule has 0 fully saturated rings. The van der Waals surface area contributed by atoms with Crippen LogP contribution in [0.15, 0.2) is 24.5 Å². The minimum atomic E-state index is -0.216. The van der Waals surface area contributed by atoms with Gasteiger partial charge in [-0.1, -0.05) is 0 Å². The van der Waals surface area contributed by atoms with Crippen LogP contribution in [0.5, 0.6) is 0 Å². The molecule has 0 saturated heterocycles. The maximum atomic E-state index is 13.2. The van der Waals surface area contributed by atoms with E-state index < -0.39 is 0 Å². The number of anilines is 2. The van der Waals surface area contributed by atoms with E-state index in [0.29, 0.717) is 48.7 Å². The Morgan fingerprint density at radius 3 is 1.42 bits per heavy atom. The molecular formula is C20H29Cl3N6O2. The molecule has 0 amide bonds.